The van der Waals surface area contributed by atoms with E-state index in [9.17, 15) is 9.59 Å². The maximum Gasteiger partial charge on any atom is 0.254 e. The zero-order valence-electron chi connectivity index (χ0n) is 15.7. The maximum atomic E-state index is 12.4. The molecule has 1 N–H and O–H groups in total. The third kappa shape index (κ3) is 4.64. The molecule has 1 aliphatic heterocycles. The van der Waals surface area contributed by atoms with Crippen LogP contribution in [0.15, 0.2) is 60.8 Å². The van der Waals surface area contributed by atoms with Gasteiger partial charge < -0.3 is 15.0 Å². The van der Waals surface area contributed by atoms with Crippen LogP contribution in [0.25, 0.3) is 17.1 Å². The van der Waals surface area contributed by atoms with E-state index >= 15 is 0 Å². The van der Waals surface area contributed by atoms with Crippen molar-refractivity contribution in [1.29, 1.82) is 0 Å². The van der Waals surface area contributed by atoms with Crippen LogP contribution in [0.2, 0.25) is 0 Å². The molecule has 0 aliphatic carbocycles. The summed E-state index contributed by atoms with van der Waals surface area (Å²) in [4.78, 5) is 35.2. The van der Waals surface area contributed by atoms with Crippen LogP contribution in [0.3, 0.4) is 0 Å². The topological polar surface area (TPSA) is 84.4 Å². The lowest BCUT2D eigenvalue weighted by molar-refractivity contribution is -0.111. The molecule has 2 amide bonds. The number of hydrogen-bond acceptors (Lipinski definition) is 5. The summed E-state index contributed by atoms with van der Waals surface area (Å²) in [6, 6.07) is 14.4. The molecule has 0 atom stereocenters. The summed E-state index contributed by atoms with van der Waals surface area (Å²) in [6.07, 6.45) is 4.65. The molecule has 0 unspecified atom stereocenters. The predicted octanol–water partition coefficient (Wildman–Crippen LogP) is 2.75. The van der Waals surface area contributed by atoms with Crippen LogP contribution in [0.4, 0.5) is 5.69 Å². The van der Waals surface area contributed by atoms with Crippen molar-refractivity contribution >= 4 is 34.6 Å². The Morgan fingerprint density at radius 2 is 1.72 bits per heavy atom. The van der Waals surface area contributed by atoms with Gasteiger partial charge in [0.05, 0.1) is 36.1 Å². The van der Waals surface area contributed by atoms with Crippen molar-refractivity contribution in [3.63, 3.8) is 0 Å². The van der Waals surface area contributed by atoms with E-state index in [1.165, 1.54) is 6.08 Å². The number of carbonyl (C=O) groups is 2. The number of amides is 2. The Hall–Kier alpha value is -3.58. The maximum absolute atomic E-state index is 12.4. The molecule has 4 rings (SSSR count). The van der Waals surface area contributed by atoms with E-state index in [1.807, 2.05) is 24.3 Å². The molecule has 146 valence electrons. The molecule has 1 fully saturated rings. The first kappa shape index (κ1) is 18.8. The van der Waals surface area contributed by atoms with Gasteiger partial charge >= 0.3 is 0 Å². The highest BCUT2D eigenvalue weighted by Gasteiger charge is 2.18. The van der Waals surface area contributed by atoms with Gasteiger partial charge in [-0.2, -0.15) is 0 Å². The lowest BCUT2D eigenvalue weighted by Crippen LogP contribution is -2.40. The van der Waals surface area contributed by atoms with E-state index in [0.29, 0.717) is 43.2 Å². The normalized spacial score (nSPS) is 14.3. The SMILES string of the molecule is O=C(C=Cc1cnc2ccccc2n1)Nc1ccc(C(=O)N2CCOCC2)cc1. The van der Waals surface area contributed by atoms with Gasteiger partial charge in [-0.15, -0.1) is 0 Å². The number of morpholine rings is 1. The second-order valence-electron chi connectivity index (χ2n) is 6.59. The van der Waals surface area contributed by atoms with Gasteiger partial charge in [-0.3, -0.25) is 14.6 Å². The number of anilines is 1. The number of fused-ring (bicyclic) bond motifs is 1. The molecule has 0 bridgehead atoms. The van der Waals surface area contributed by atoms with E-state index in [0.717, 1.165) is 11.0 Å². The van der Waals surface area contributed by atoms with Gasteiger partial charge in [-0.1, -0.05) is 12.1 Å². The first-order chi connectivity index (χ1) is 14.2. The summed E-state index contributed by atoms with van der Waals surface area (Å²) >= 11 is 0. The number of para-hydroxylation sites is 2. The highest BCUT2D eigenvalue weighted by atomic mass is 16.5. The van der Waals surface area contributed by atoms with Gasteiger partial charge in [0.15, 0.2) is 0 Å². The van der Waals surface area contributed by atoms with Crippen LogP contribution in [-0.4, -0.2) is 53.0 Å². The fraction of sp³-hybridized carbons (Fsp3) is 0.182. The van der Waals surface area contributed by atoms with Crippen molar-refractivity contribution in [2.24, 2.45) is 0 Å². The van der Waals surface area contributed by atoms with E-state index < -0.39 is 0 Å². The zero-order chi connectivity index (χ0) is 20.1. The molecular formula is C22H20N4O3. The van der Waals surface area contributed by atoms with Crippen LogP contribution >= 0.6 is 0 Å². The van der Waals surface area contributed by atoms with Crippen LogP contribution < -0.4 is 5.32 Å². The molecule has 1 aliphatic rings. The number of aromatic nitrogens is 2. The van der Waals surface area contributed by atoms with Gasteiger partial charge in [0.1, 0.15) is 0 Å². The Balaban J connectivity index is 1.37. The van der Waals surface area contributed by atoms with Crippen molar-refractivity contribution in [3.05, 3.63) is 72.1 Å². The van der Waals surface area contributed by atoms with Crippen LogP contribution in [0.5, 0.6) is 0 Å². The van der Waals surface area contributed by atoms with Crippen LogP contribution in [0.1, 0.15) is 16.1 Å². The number of carbonyl (C=O) groups excluding carboxylic acids is 2. The molecule has 0 spiro atoms. The second kappa shape index (κ2) is 8.62. The van der Waals surface area contributed by atoms with E-state index in [2.05, 4.69) is 15.3 Å². The molecular weight excluding hydrogens is 368 g/mol. The minimum atomic E-state index is -0.285. The third-order valence-corrected chi connectivity index (χ3v) is 4.57. The van der Waals surface area contributed by atoms with Crippen molar-refractivity contribution in [3.8, 4) is 0 Å². The van der Waals surface area contributed by atoms with Crippen LogP contribution in [-0.2, 0) is 9.53 Å². The number of rotatable bonds is 4. The Kier molecular flexibility index (Phi) is 5.58. The third-order valence-electron chi connectivity index (χ3n) is 4.57. The molecule has 2 aromatic carbocycles. The molecule has 3 aromatic rings. The van der Waals surface area contributed by atoms with Gasteiger partial charge in [-0.25, -0.2) is 4.98 Å². The number of ether oxygens (including phenoxy) is 1. The monoisotopic (exact) mass is 388 g/mol. The van der Waals surface area contributed by atoms with E-state index in [-0.39, 0.29) is 11.8 Å². The van der Waals surface area contributed by atoms with Crippen molar-refractivity contribution in [2.45, 2.75) is 0 Å². The lowest BCUT2D eigenvalue weighted by Gasteiger charge is -2.26. The molecule has 7 heteroatoms. The van der Waals surface area contributed by atoms with Crippen molar-refractivity contribution in [1.82, 2.24) is 14.9 Å². The first-order valence-electron chi connectivity index (χ1n) is 9.37. The molecule has 0 radical (unpaired) electrons. The minimum absolute atomic E-state index is 0.0269. The highest BCUT2D eigenvalue weighted by Crippen LogP contribution is 2.13. The zero-order valence-corrected chi connectivity index (χ0v) is 15.7. The molecule has 1 aromatic heterocycles. The second-order valence-corrected chi connectivity index (χ2v) is 6.59. The number of hydrogen-bond donors (Lipinski definition) is 1. The molecule has 1 saturated heterocycles. The summed E-state index contributed by atoms with van der Waals surface area (Å²) in [6.45, 7) is 2.32. The summed E-state index contributed by atoms with van der Waals surface area (Å²) in [7, 11) is 0. The summed E-state index contributed by atoms with van der Waals surface area (Å²) in [5, 5.41) is 2.78. The Bertz CT molecular complexity index is 1060. The molecule has 7 nitrogen and oxygen atoms in total. The standard InChI is InChI=1S/C22H20N4O3/c27-21(10-9-18-15-23-19-3-1-2-4-20(19)24-18)25-17-7-5-16(6-8-17)22(28)26-11-13-29-14-12-26/h1-10,15H,11-14H2,(H,25,27). The Morgan fingerprint density at radius 1 is 1.00 bits per heavy atom. The lowest BCUT2D eigenvalue weighted by atomic mass is 10.1. The van der Waals surface area contributed by atoms with Crippen molar-refractivity contribution < 1.29 is 14.3 Å². The van der Waals surface area contributed by atoms with Gasteiger partial charge in [-0.05, 0) is 42.5 Å². The number of benzene rings is 2. The van der Waals surface area contributed by atoms with Gasteiger partial charge in [0.25, 0.3) is 5.91 Å². The summed E-state index contributed by atoms with van der Waals surface area (Å²) in [5.74, 6) is -0.312. The fourth-order valence-corrected chi connectivity index (χ4v) is 3.04. The highest BCUT2D eigenvalue weighted by molar-refractivity contribution is 6.02. The van der Waals surface area contributed by atoms with Crippen LogP contribution in [0, 0.1) is 0 Å². The average Bonchev–Trinajstić information content (AvgIpc) is 2.78. The van der Waals surface area contributed by atoms with E-state index in [4.69, 9.17) is 4.74 Å². The summed E-state index contributed by atoms with van der Waals surface area (Å²) < 4.78 is 5.27. The first-order valence-corrected chi connectivity index (χ1v) is 9.37. The predicted molar refractivity (Wildman–Crippen MR) is 110 cm³/mol. The smallest absolute Gasteiger partial charge is 0.254 e. The number of nitrogens with zero attached hydrogens (tertiary/aromatic N) is 3. The number of nitrogens with one attached hydrogen (secondary N) is 1. The quantitative estimate of drug-likeness (QED) is 0.695. The van der Waals surface area contributed by atoms with Gasteiger partial charge in [0.2, 0.25) is 5.91 Å². The molecule has 0 saturated carbocycles. The van der Waals surface area contributed by atoms with Gasteiger partial charge in [0, 0.05) is 30.4 Å². The largest absolute Gasteiger partial charge is 0.378 e. The fourth-order valence-electron chi connectivity index (χ4n) is 3.04. The molecule has 2 heterocycles. The average molecular weight is 388 g/mol. The Morgan fingerprint density at radius 3 is 2.48 bits per heavy atom. The minimum Gasteiger partial charge on any atom is -0.378 e. The summed E-state index contributed by atoms with van der Waals surface area (Å²) in [5.41, 5.74) is 3.39. The van der Waals surface area contributed by atoms with Crippen molar-refractivity contribution in [2.75, 3.05) is 31.6 Å². The molecule has 29 heavy (non-hydrogen) atoms. The van der Waals surface area contributed by atoms with E-state index in [1.54, 1.807) is 41.4 Å². The Labute approximate surface area is 168 Å².